The van der Waals surface area contributed by atoms with Gasteiger partial charge in [-0.05, 0) is 24.1 Å². The first-order valence-electron chi connectivity index (χ1n) is 5.34. The lowest BCUT2D eigenvalue weighted by atomic mass is 10.2. The second-order valence-corrected chi connectivity index (χ2v) is 3.90. The molecule has 0 aliphatic carbocycles. The molecule has 0 aliphatic heterocycles. The van der Waals surface area contributed by atoms with Crippen LogP contribution in [-0.2, 0) is 13.5 Å². The molecular formula is C12H16N4. The fourth-order valence-electron chi connectivity index (χ4n) is 1.58. The second kappa shape index (κ2) is 4.79. The highest BCUT2D eigenvalue weighted by Crippen LogP contribution is 2.10. The maximum absolute atomic E-state index is 4.16. The monoisotopic (exact) mass is 216 g/mol. The first kappa shape index (κ1) is 10.7. The van der Waals surface area contributed by atoms with Crippen molar-refractivity contribution in [2.75, 3.05) is 18.5 Å². The molecule has 0 atom stereocenters. The smallest absolute Gasteiger partial charge is 0.0749 e. The van der Waals surface area contributed by atoms with E-state index in [0.717, 1.165) is 18.7 Å². The van der Waals surface area contributed by atoms with Crippen molar-refractivity contribution < 1.29 is 0 Å². The van der Waals surface area contributed by atoms with E-state index in [0.29, 0.717) is 0 Å². The average Bonchev–Trinajstić information content (AvgIpc) is 2.74. The van der Waals surface area contributed by atoms with Gasteiger partial charge >= 0.3 is 0 Å². The Morgan fingerprint density at radius 3 is 2.69 bits per heavy atom. The summed E-state index contributed by atoms with van der Waals surface area (Å²) in [6.45, 7) is 0.982. The maximum atomic E-state index is 4.16. The molecule has 2 heterocycles. The van der Waals surface area contributed by atoms with Crippen LogP contribution >= 0.6 is 0 Å². The van der Waals surface area contributed by atoms with Gasteiger partial charge in [-0.15, -0.1) is 0 Å². The fourth-order valence-corrected chi connectivity index (χ4v) is 1.58. The van der Waals surface area contributed by atoms with E-state index >= 15 is 0 Å². The van der Waals surface area contributed by atoms with Crippen LogP contribution < -0.4 is 4.90 Å². The average molecular weight is 216 g/mol. The summed E-state index contributed by atoms with van der Waals surface area (Å²) < 4.78 is 1.82. The van der Waals surface area contributed by atoms with Crippen LogP contribution in [0.25, 0.3) is 0 Å². The number of aromatic nitrogens is 3. The molecule has 4 heteroatoms. The third-order valence-electron chi connectivity index (χ3n) is 2.62. The Morgan fingerprint density at radius 2 is 2.06 bits per heavy atom. The molecule has 0 saturated heterocycles. The second-order valence-electron chi connectivity index (χ2n) is 3.90. The summed E-state index contributed by atoms with van der Waals surface area (Å²) in [7, 11) is 4.01. The summed E-state index contributed by atoms with van der Waals surface area (Å²) in [5.74, 6) is 0. The van der Waals surface area contributed by atoms with Crippen molar-refractivity contribution >= 4 is 5.69 Å². The number of likely N-dealkylation sites (N-methyl/N-ethyl adjacent to an activating group) is 1. The highest BCUT2D eigenvalue weighted by Gasteiger charge is 2.02. The Bertz CT molecular complexity index is 435. The van der Waals surface area contributed by atoms with Gasteiger partial charge in [0.15, 0.2) is 0 Å². The molecule has 0 amide bonds. The number of anilines is 1. The standard InChI is InChI=1S/C12H16N4/c1-15(12-9-14-16(2)10-12)8-5-11-3-6-13-7-4-11/h3-4,6-7,9-10H,5,8H2,1-2H3. The molecule has 4 nitrogen and oxygen atoms in total. The quantitative estimate of drug-likeness (QED) is 0.776. The SMILES string of the molecule is CN(CCc1ccncc1)c1cnn(C)c1. The fraction of sp³-hybridized carbons (Fsp3) is 0.333. The van der Waals surface area contributed by atoms with Crippen LogP contribution in [0.5, 0.6) is 0 Å². The van der Waals surface area contributed by atoms with Crippen molar-refractivity contribution in [3.8, 4) is 0 Å². The summed E-state index contributed by atoms with van der Waals surface area (Å²) in [5.41, 5.74) is 2.46. The minimum atomic E-state index is 0.982. The molecule has 0 aliphatic rings. The Morgan fingerprint density at radius 1 is 1.31 bits per heavy atom. The van der Waals surface area contributed by atoms with E-state index in [-0.39, 0.29) is 0 Å². The van der Waals surface area contributed by atoms with Gasteiger partial charge in [0.25, 0.3) is 0 Å². The van der Waals surface area contributed by atoms with Crippen LogP contribution in [-0.4, -0.2) is 28.4 Å². The van der Waals surface area contributed by atoms with Crippen molar-refractivity contribution in [2.45, 2.75) is 6.42 Å². The van der Waals surface area contributed by atoms with Gasteiger partial charge in [-0.1, -0.05) is 0 Å². The number of rotatable bonds is 4. The molecule has 0 fully saturated rings. The number of nitrogens with zero attached hydrogens (tertiary/aromatic N) is 4. The first-order valence-corrected chi connectivity index (χ1v) is 5.34. The van der Waals surface area contributed by atoms with E-state index in [9.17, 15) is 0 Å². The highest BCUT2D eigenvalue weighted by atomic mass is 15.3. The highest BCUT2D eigenvalue weighted by molar-refractivity contribution is 5.41. The summed E-state index contributed by atoms with van der Waals surface area (Å²) in [4.78, 5) is 6.21. The number of pyridine rings is 1. The molecular weight excluding hydrogens is 200 g/mol. The van der Waals surface area contributed by atoms with Gasteiger partial charge < -0.3 is 4.90 Å². The van der Waals surface area contributed by atoms with Crippen molar-refractivity contribution in [3.63, 3.8) is 0 Å². The van der Waals surface area contributed by atoms with Crippen LogP contribution in [0.2, 0.25) is 0 Å². The zero-order valence-electron chi connectivity index (χ0n) is 9.67. The zero-order valence-corrected chi connectivity index (χ0v) is 9.67. The zero-order chi connectivity index (χ0) is 11.4. The summed E-state index contributed by atoms with van der Waals surface area (Å²) in [6.07, 6.45) is 8.59. The molecule has 84 valence electrons. The van der Waals surface area contributed by atoms with E-state index in [1.54, 1.807) is 0 Å². The number of hydrogen-bond acceptors (Lipinski definition) is 3. The lowest BCUT2D eigenvalue weighted by Crippen LogP contribution is -2.19. The van der Waals surface area contributed by atoms with Crippen molar-refractivity contribution in [1.29, 1.82) is 0 Å². The lowest BCUT2D eigenvalue weighted by Gasteiger charge is -2.16. The Balaban J connectivity index is 1.91. The van der Waals surface area contributed by atoms with Crippen LogP contribution in [0.3, 0.4) is 0 Å². The van der Waals surface area contributed by atoms with Gasteiger partial charge in [0.05, 0.1) is 11.9 Å². The Hall–Kier alpha value is -1.84. The number of hydrogen-bond donors (Lipinski definition) is 0. The van der Waals surface area contributed by atoms with Gasteiger partial charge in [0.1, 0.15) is 0 Å². The third kappa shape index (κ3) is 2.59. The Labute approximate surface area is 95.5 Å². The molecule has 0 saturated carbocycles. The summed E-state index contributed by atoms with van der Waals surface area (Å²) in [5, 5.41) is 4.16. The van der Waals surface area contributed by atoms with E-state index in [1.165, 1.54) is 5.56 Å². The molecule has 16 heavy (non-hydrogen) atoms. The van der Waals surface area contributed by atoms with Crippen LogP contribution in [0.15, 0.2) is 36.9 Å². The topological polar surface area (TPSA) is 34.0 Å². The minimum absolute atomic E-state index is 0.982. The molecule has 0 spiro atoms. The molecule has 0 radical (unpaired) electrons. The van der Waals surface area contributed by atoms with Crippen molar-refractivity contribution in [2.24, 2.45) is 7.05 Å². The molecule has 0 bridgehead atoms. The molecule has 0 aromatic carbocycles. The van der Waals surface area contributed by atoms with Crippen molar-refractivity contribution in [3.05, 3.63) is 42.5 Å². The molecule has 0 unspecified atom stereocenters. The predicted octanol–water partition coefficient (Wildman–Crippen LogP) is 1.49. The van der Waals surface area contributed by atoms with Gasteiger partial charge in [-0.2, -0.15) is 5.10 Å². The van der Waals surface area contributed by atoms with E-state index in [4.69, 9.17) is 0 Å². The molecule has 2 aromatic rings. The van der Waals surface area contributed by atoms with Crippen LogP contribution in [0.1, 0.15) is 5.56 Å². The van der Waals surface area contributed by atoms with Crippen LogP contribution in [0.4, 0.5) is 5.69 Å². The molecule has 0 N–H and O–H groups in total. The third-order valence-corrected chi connectivity index (χ3v) is 2.62. The molecule has 2 aromatic heterocycles. The van der Waals surface area contributed by atoms with Crippen LogP contribution in [0, 0.1) is 0 Å². The first-order chi connectivity index (χ1) is 7.75. The van der Waals surface area contributed by atoms with Gasteiger partial charge in [-0.25, -0.2) is 0 Å². The van der Waals surface area contributed by atoms with E-state index in [1.807, 2.05) is 36.5 Å². The maximum Gasteiger partial charge on any atom is 0.0749 e. The summed E-state index contributed by atoms with van der Waals surface area (Å²) in [6, 6.07) is 4.11. The van der Waals surface area contributed by atoms with Gasteiger partial charge in [0.2, 0.25) is 0 Å². The van der Waals surface area contributed by atoms with Gasteiger partial charge in [-0.3, -0.25) is 9.67 Å². The summed E-state index contributed by atoms with van der Waals surface area (Å²) >= 11 is 0. The largest absolute Gasteiger partial charge is 0.372 e. The molecule has 2 rings (SSSR count). The normalized spacial score (nSPS) is 10.4. The Kier molecular flexibility index (Phi) is 3.19. The number of aryl methyl sites for hydroxylation is 1. The van der Waals surface area contributed by atoms with E-state index in [2.05, 4.69) is 34.2 Å². The minimum Gasteiger partial charge on any atom is -0.372 e. The lowest BCUT2D eigenvalue weighted by molar-refractivity contribution is 0.767. The van der Waals surface area contributed by atoms with Crippen molar-refractivity contribution in [1.82, 2.24) is 14.8 Å². The predicted molar refractivity (Wildman–Crippen MR) is 64.4 cm³/mol. The van der Waals surface area contributed by atoms with E-state index < -0.39 is 0 Å². The van der Waals surface area contributed by atoms with Gasteiger partial charge in [0, 0.05) is 39.2 Å².